The molecule has 5 heteroatoms. The molecule has 0 fully saturated rings. The van der Waals surface area contributed by atoms with E-state index in [0.29, 0.717) is 11.6 Å². The van der Waals surface area contributed by atoms with E-state index in [1.165, 1.54) is 0 Å². The van der Waals surface area contributed by atoms with Gasteiger partial charge in [0.15, 0.2) is 0 Å². The molecule has 3 nitrogen and oxygen atoms in total. The molecule has 0 amide bonds. The molecule has 0 saturated carbocycles. The minimum absolute atomic E-state index is 0.0382. The Morgan fingerprint density at radius 2 is 1.86 bits per heavy atom. The first-order valence-corrected chi connectivity index (χ1v) is 8.13. The molecule has 0 aliphatic rings. The van der Waals surface area contributed by atoms with Crippen molar-refractivity contribution in [3.8, 4) is 11.6 Å². The second-order valence-corrected chi connectivity index (χ2v) is 7.55. The highest BCUT2D eigenvalue weighted by molar-refractivity contribution is 9.11. The van der Waals surface area contributed by atoms with Crippen molar-refractivity contribution in [2.75, 3.05) is 0 Å². The Labute approximate surface area is 141 Å². The summed E-state index contributed by atoms with van der Waals surface area (Å²) in [4.78, 5) is 4.55. The second kappa shape index (κ2) is 6.46. The van der Waals surface area contributed by atoms with E-state index in [4.69, 9.17) is 4.74 Å². The topological polar surface area (TPSA) is 42.4 Å². The molecule has 21 heavy (non-hydrogen) atoms. The fraction of sp³-hybridized carbons (Fsp3) is 0.312. The molecule has 1 aromatic carbocycles. The number of hydrogen-bond acceptors (Lipinski definition) is 3. The highest BCUT2D eigenvalue weighted by atomic mass is 79.9. The Morgan fingerprint density at radius 1 is 1.14 bits per heavy atom. The van der Waals surface area contributed by atoms with Crippen molar-refractivity contribution in [2.45, 2.75) is 32.8 Å². The first-order chi connectivity index (χ1) is 9.79. The number of benzene rings is 1. The second-order valence-electron chi connectivity index (χ2n) is 5.78. The van der Waals surface area contributed by atoms with Gasteiger partial charge in [-0.3, -0.25) is 0 Å². The van der Waals surface area contributed by atoms with Crippen molar-refractivity contribution in [1.82, 2.24) is 4.98 Å². The molecule has 0 atom stereocenters. The summed E-state index contributed by atoms with van der Waals surface area (Å²) in [5.74, 6) is 1.16. The van der Waals surface area contributed by atoms with Gasteiger partial charge >= 0.3 is 0 Å². The molecule has 0 radical (unpaired) electrons. The third-order valence-corrected chi connectivity index (χ3v) is 4.03. The number of rotatable bonds is 3. The number of aliphatic hydroxyl groups is 1. The van der Waals surface area contributed by atoms with Gasteiger partial charge in [-0.1, -0.05) is 36.7 Å². The molecule has 2 aromatic rings. The first kappa shape index (κ1) is 16.5. The van der Waals surface area contributed by atoms with E-state index in [0.717, 1.165) is 20.2 Å². The lowest BCUT2D eigenvalue weighted by Gasteiger charge is -2.19. The zero-order valence-electron chi connectivity index (χ0n) is 12.2. The van der Waals surface area contributed by atoms with Crippen LogP contribution in [0.5, 0.6) is 11.6 Å². The van der Waals surface area contributed by atoms with Crippen LogP contribution in [0.2, 0.25) is 0 Å². The summed E-state index contributed by atoms with van der Waals surface area (Å²) in [5.41, 5.74) is 1.57. The number of pyridine rings is 1. The van der Waals surface area contributed by atoms with Gasteiger partial charge < -0.3 is 9.84 Å². The van der Waals surface area contributed by atoms with Crippen LogP contribution in [-0.4, -0.2) is 10.1 Å². The van der Waals surface area contributed by atoms with Crippen LogP contribution in [0.25, 0.3) is 0 Å². The standard InChI is InChI=1S/C16H17Br2NO2/c1-16(2,3)14-6-10(9-20)7-15(19-14)21-13-5-4-11(17)8-12(13)18/h4-8,20H,9H2,1-3H3. The Kier molecular flexibility index (Phi) is 5.07. The lowest BCUT2D eigenvalue weighted by molar-refractivity contribution is 0.280. The maximum Gasteiger partial charge on any atom is 0.219 e. The maximum atomic E-state index is 9.41. The largest absolute Gasteiger partial charge is 0.438 e. The lowest BCUT2D eigenvalue weighted by atomic mass is 9.91. The summed E-state index contributed by atoms with van der Waals surface area (Å²) >= 11 is 6.87. The van der Waals surface area contributed by atoms with Crippen molar-refractivity contribution in [3.05, 3.63) is 50.5 Å². The normalized spacial score (nSPS) is 11.5. The fourth-order valence-corrected chi connectivity index (χ4v) is 2.89. The summed E-state index contributed by atoms with van der Waals surface area (Å²) in [6.45, 7) is 6.20. The SMILES string of the molecule is CC(C)(C)c1cc(CO)cc(Oc2ccc(Br)cc2Br)n1. The van der Waals surface area contributed by atoms with Crippen LogP contribution < -0.4 is 4.74 Å². The minimum atomic E-state index is -0.111. The van der Waals surface area contributed by atoms with Crippen molar-refractivity contribution in [3.63, 3.8) is 0 Å². The smallest absolute Gasteiger partial charge is 0.219 e. The van der Waals surface area contributed by atoms with Gasteiger partial charge in [0, 0.05) is 16.0 Å². The molecule has 112 valence electrons. The van der Waals surface area contributed by atoms with Crippen molar-refractivity contribution >= 4 is 31.9 Å². The molecule has 1 aromatic heterocycles. The van der Waals surface area contributed by atoms with Gasteiger partial charge in [0.1, 0.15) is 5.75 Å². The number of hydrogen-bond donors (Lipinski definition) is 1. The van der Waals surface area contributed by atoms with E-state index in [1.54, 1.807) is 6.07 Å². The Bertz CT molecular complexity index is 651. The average molecular weight is 415 g/mol. The van der Waals surface area contributed by atoms with Gasteiger partial charge in [-0.25, -0.2) is 4.98 Å². The Morgan fingerprint density at radius 3 is 2.43 bits per heavy atom. The van der Waals surface area contributed by atoms with Crippen LogP contribution in [0.15, 0.2) is 39.3 Å². The van der Waals surface area contributed by atoms with E-state index in [2.05, 4.69) is 57.6 Å². The summed E-state index contributed by atoms with van der Waals surface area (Å²) in [5, 5.41) is 9.41. The van der Waals surface area contributed by atoms with E-state index in [-0.39, 0.29) is 12.0 Å². The minimum Gasteiger partial charge on any atom is -0.438 e. The molecular weight excluding hydrogens is 398 g/mol. The molecule has 0 saturated heterocycles. The van der Waals surface area contributed by atoms with Crippen LogP contribution in [0.1, 0.15) is 32.0 Å². The van der Waals surface area contributed by atoms with Gasteiger partial charge in [0.2, 0.25) is 5.88 Å². The number of aliphatic hydroxyl groups excluding tert-OH is 1. The van der Waals surface area contributed by atoms with Crippen LogP contribution in [0, 0.1) is 0 Å². The van der Waals surface area contributed by atoms with Crippen LogP contribution in [-0.2, 0) is 12.0 Å². The molecule has 0 aliphatic carbocycles. The van der Waals surface area contributed by atoms with Crippen molar-refractivity contribution < 1.29 is 9.84 Å². The van der Waals surface area contributed by atoms with Gasteiger partial charge in [-0.05, 0) is 45.8 Å². The molecule has 1 heterocycles. The molecule has 2 rings (SSSR count). The van der Waals surface area contributed by atoms with E-state index in [9.17, 15) is 5.11 Å². The van der Waals surface area contributed by atoms with Crippen LogP contribution in [0.3, 0.4) is 0 Å². The molecular formula is C16H17Br2NO2. The fourth-order valence-electron chi connectivity index (χ4n) is 1.76. The number of halogens is 2. The highest BCUT2D eigenvalue weighted by Crippen LogP contribution is 2.33. The zero-order chi connectivity index (χ0) is 15.6. The molecule has 0 spiro atoms. The van der Waals surface area contributed by atoms with E-state index < -0.39 is 0 Å². The van der Waals surface area contributed by atoms with Gasteiger partial charge in [0.25, 0.3) is 0 Å². The zero-order valence-corrected chi connectivity index (χ0v) is 15.3. The quantitative estimate of drug-likeness (QED) is 0.751. The van der Waals surface area contributed by atoms with Crippen molar-refractivity contribution in [2.24, 2.45) is 0 Å². The van der Waals surface area contributed by atoms with Gasteiger partial charge in [-0.2, -0.15) is 0 Å². The van der Waals surface area contributed by atoms with Gasteiger partial charge in [-0.15, -0.1) is 0 Å². The van der Waals surface area contributed by atoms with Crippen molar-refractivity contribution in [1.29, 1.82) is 0 Å². The van der Waals surface area contributed by atoms with Crippen LogP contribution >= 0.6 is 31.9 Å². The predicted octanol–water partition coefficient (Wildman–Crippen LogP) is 5.19. The summed E-state index contributed by atoms with van der Waals surface area (Å²) in [7, 11) is 0. The molecule has 0 bridgehead atoms. The molecule has 0 aliphatic heterocycles. The van der Waals surface area contributed by atoms with Crippen LogP contribution in [0.4, 0.5) is 0 Å². The van der Waals surface area contributed by atoms with E-state index >= 15 is 0 Å². The first-order valence-electron chi connectivity index (χ1n) is 6.55. The third-order valence-electron chi connectivity index (χ3n) is 2.92. The lowest BCUT2D eigenvalue weighted by Crippen LogP contribution is -2.14. The predicted molar refractivity (Wildman–Crippen MR) is 90.8 cm³/mol. The molecule has 1 N–H and O–H groups in total. The summed E-state index contributed by atoms with van der Waals surface area (Å²) in [6, 6.07) is 9.34. The highest BCUT2D eigenvalue weighted by Gasteiger charge is 2.18. The monoisotopic (exact) mass is 413 g/mol. The third kappa shape index (κ3) is 4.28. The summed E-state index contributed by atoms with van der Waals surface area (Å²) < 4.78 is 7.66. The molecule has 0 unspecified atom stereocenters. The Balaban J connectivity index is 2.39. The summed E-state index contributed by atoms with van der Waals surface area (Å²) in [6.07, 6.45) is 0. The number of ether oxygens (including phenoxy) is 1. The number of nitrogens with zero attached hydrogens (tertiary/aromatic N) is 1. The Hall–Kier alpha value is -0.910. The number of aromatic nitrogens is 1. The average Bonchev–Trinajstić information content (AvgIpc) is 2.40. The van der Waals surface area contributed by atoms with Gasteiger partial charge in [0.05, 0.1) is 16.8 Å². The van der Waals surface area contributed by atoms with E-state index in [1.807, 2.05) is 24.3 Å². The maximum absolute atomic E-state index is 9.41.